The van der Waals surface area contributed by atoms with E-state index in [1.54, 1.807) is 0 Å². The van der Waals surface area contributed by atoms with Gasteiger partial charge in [0, 0.05) is 7.11 Å². The molecule has 2 N–H and O–H groups in total. The lowest BCUT2D eigenvalue weighted by Crippen LogP contribution is -2.44. The zero-order valence-electron chi connectivity index (χ0n) is 7.43. The summed E-state index contributed by atoms with van der Waals surface area (Å²) in [6.07, 6.45) is 0. The Kier molecular flexibility index (Phi) is 5.07. The molecule has 0 aromatic carbocycles. The first kappa shape index (κ1) is 12.8. The molecule has 1 atom stereocenters. The van der Waals surface area contributed by atoms with Gasteiger partial charge in [-0.2, -0.15) is 9.98 Å². The average Bonchev–Trinajstić information content (AvgIpc) is 2.02. The van der Waals surface area contributed by atoms with E-state index in [-0.39, 0.29) is 6.61 Å². The van der Waals surface area contributed by atoms with Gasteiger partial charge in [0.2, 0.25) is 10.0 Å². The Hall–Kier alpha value is -1.17. The van der Waals surface area contributed by atoms with Crippen LogP contribution in [-0.2, 0) is 19.6 Å². The monoisotopic (exact) mass is 222 g/mol. The van der Waals surface area contributed by atoms with Crippen LogP contribution in [0.3, 0.4) is 0 Å². The smallest absolute Gasteiger partial charge is 0.324 e. The Labute approximate surface area is 81.3 Å². The van der Waals surface area contributed by atoms with Crippen molar-refractivity contribution in [1.29, 1.82) is 5.26 Å². The molecule has 0 aliphatic heterocycles. The first-order valence-corrected chi connectivity index (χ1v) is 5.17. The van der Waals surface area contributed by atoms with Crippen molar-refractivity contribution in [3.8, 4) is 6.07 Å². The highest BCUT2D eigenvalue weighted by molar-refractivity contribution is 7.89. The van der Waals surface area contributed by atoms with Gasteiger partial charge in [-0.1, -0.05) is 0 Å². The fourth-order valence-corrected chi connectivity index (χ4v) is 1.52. The van der Waals surface area contributed by atoms with Gasteiger partial charge in [0.25, 0.3) is 0 Å². The Morgan fingerprint density at radius 3 is 2.64 bits per heavy atom. The molecule has 0 radical (unpaired) electrons. The van der Waals surface area contributed by atoms with Gasteiger partial charge in [-0.25, -0.2) is 8.42 Å². The van der Waals surface area contributed by atoms with Gasteiger partial charge >= 0.3 is 5.97 Å². The van der Waals surface area contributed by atoms with Gasteiger partial charge in [-0.15, -0.1) is 0 Å². The predicted molar refractivity (Wildman–Crippen MR) is 45.8 cm³/mol. The first-order chi connectivity index (χ1) is 6.43. The molecule has 14 heavy (non-hydrogen) atoms. The number of nitriles is 1. The molecule has 0 heterocycles. The third kappa shape index (κ3) is 4.76. The highest BCUT2D eigenvalue weighted by Crippen LogP contribution is 1.91. The minimum absolute atomic E-state index is 0.292. The predicted octanol–water partition coefficient (Wildman–Crippen LogP) is -1.47. The molecule has 0 fully saturated rings. The summed E-state index contributed by atoms with van der Waals surface area (Å²) in [6.45, 7) is -0.292. The molecule has 1 unspecified atom stereocenters. The average molecular weight is 222 g/mol. The quantitative estimate of drug-likeness (QED) is 0.566. The van der Waals surface area contributed by atoms with Crippen molar-refractivity contribution in [1.82, 2.24) is 4.72 Å². The fourth-order valence-electron chi connectivity index (χ4n) is 0.666. The Morgan fingerprint density at radius 1 is 1.71 bits per heavy atom. The second-order valence-electron chi connectivity index (χ2n) is 2.38. The van der Waals surface area contributed by atoms with Crippen LogP contribution in [-0.4, -0.2) is 45.0 Å². The van der Waals surface area contributed by atoms with E-state index in [4.69, 9.17) is 10.4 Å². The zero-order chi connectivity index (χ0) is 11.2. The van der Waals surface area contributed by atoms with E-state index in [2.05, 4.69) is 4.74 Å². The Morgan fingerprint density at radius 2 is 2.29 bits per heavy atom. The summed E-state index contributed by atoms with van der Waals surface area (Å²) in [7, 11) is -2.63. The molecule has 80 valence electrons. The van der Waals surface area contributed by atoms with Gasteiger partial charge in [-0.3, -0.25) is 4.79 Å². The van der Waals surface area contributed by atoms with Crippen molar-refractivity contribution in [2.45, 2.75) is 6.04 Å². The SMILES string of the molecule is COCC(NS(=O)(=O)CC#N)C(=O)O. The third-order valence-electron chi connectivity index (χ3n) is 1.21. The molecule has 0 saturated heterocycles. The molecule has 0 aromatic rings. The Bertz CT molecular complexity index is 331. The largest absolute Gasteiger partial charge is 0.480 e. The van der Waals surface area contributed by atoms with E-state index in [0.717, 1.165) is 0 Å². The highest BCUT2D eigenvalue weighted by atomic mass is 32.2. The maximum Gasteiger partial charge on any atom is 0.324 e. The van der Waals surface area contributed by atoms with Gasteiger partial charge in [0.1, 0.15) is 6.04 Å². The number of aliphatic carboxylic acids is 1. The van der Waals surface area contributed by atoms with Crippen molar-refractivity contribution in [2.24, 2.45) is 0 Å². The molecule has 0 aliphatic rings. The van der Waals surface area contributed by atoms with Crippen molar-refractivity contribution < 1.29 is 23.1 Å². The van der Waals surface area contributed by atoms with E-state index in [1.165, 1.54) is 13.2 Å². The standard InChI is InChI=1S/C6H10N2O5S/c1-13-4-5(6(9)10)8-14(11,12)3-2-7/h5,8H,3-4H2,1H3,(H,9,10). The number of rotatable bonds is 6. The van der Waals surface area contributed by atoms with Crippen LogP contribution in [0, 0.1) is 11.3 Å². The summed E-state index contributed by atoms with van der Waals surface area (Å²) in [4.78, 5) is 10.5. The first-order valence-electron chi connectivity index (χ1n) is 3.51. The second kappa shape index (κ2) is 5.54. The van der Waals surface area contributed by atoms with Crippen LogP contribution in [0.15, 0.2) is 0 Å². The molecule has 0 amide bonds. The van der Waals surface area contributed by atoms with Gasteiger partial charge in [-0.05, 0) is 0 Å². The number of hydrogen-bond acceptors (Lipinski definition) is 5. The zero-order valence-corrected chi connectivity index (χ0v) is 8.24. The summed E-state index contributed by atoms with van der Waals surface area (Å²) in [6, 6.07) is 0.0475. The Balaban J connectivity index is 4.46. The van der Waals surface area contributed by atoms with E-state index in [1.807, 2.05) is 4.72 Å². The van der Waals surface area contributed by atoms with E-state index in [0.29, 0.717) is 0 Å². The summed E-state index contributed by atoms with van der Waals surface area (Å²) in [5.41, 5.74) is 0. The van der Waals surface area contributed by atoms with E-state index in [9.17, 15) is 13.2 Å². The van der Waals surface area contributed by atoms with Crippen LogP contribution in [0.25, 0.3) is 0 Å². The number of carboxylic acid groups (broad SMARTS) is 1. The van der Waals surface area contributed by atoms with Crippen molar-refractivity contribution in [3.05, 3.63) is 0 Å². The molecular weight excluding hydrogens is 212 g/mol. The lowest BCUT2D eigenvalue weighted by Gasteiger charge is -2.11. The van der Waals surface area contributed by atoms with Crippen LogP contribution in [0.5, 0.6) is 0 Å². The maximum absolute atomic E-state index is 11.0. The molecule has 8 heteroatoms. The van der Waals surface area contributed by atoms with E-state index >= 15 is 0 Å². The lowest BCUT2D eigenvalue weighted by molar-refractivity contribution is -0.140. The number of methoxy groups -OCH3 is 1. The number of nitrogens with one attached hydrogen (secondary N) is 1. The number of nitrogens with zero attached hydrogens (tertiary/aromatic N) is 1. The van der Waals surface area contributed by atoms with Gasteiger partial charge in [0.15, 0.2) is 5.75 Å². The molecule has 0 aromatic heterocycles. The van der Waals surface area contributed by atoms with Crippen LogP contribution in [0.4, 0.5) is 0 Å². The third-order valence-corrected chi connectivity index (χ3v) is 2.36. The second-order valence-corrected chi connectivity index (χ2v) is 4.14. The summed E-state index contributed by atoms with van der Waals surface area (Å²) < 4.78 is 28.3. The number of carboxylic acids is 1. The number of hydrogen-bond donors (Lipinski definition) is 2. The maximum atomic E-state index is 11.0. The normalized spacial score (nSPS) is 13.1. The van der Waals surface area contributed by atoms with Crippen LogP contribution in [0.1, 0.15) is 0 Å². The molecule has 0 saturated carbocycles. The summed E-state index contributed by atoms with van der Waals surface area (Å²) in [5, 5.41) is 16.7. The van der Waals surface area contributed by atoms with Crippen LogP contribution >= 0.6 is 0 Å². The molecule has 7 nitrogen and oxygen atoms in total. The molecule has 0 bridgehead atoms. The van der Waals surface area contributed by atoms with Crippen LogP contribution < -0.4 is 4.72 Å². The van der Waals surface area contributed by atoms with E-state index < -0.39 is 27.8 Å². The summed E-state index contributed by atoms with van der Waals surface area (Å²) >= 11 is 0. The highest BCUT2D eigenvalue weighted by Gasteiger charge is 2.23. The summed E-state index contributed by atoms with van der Waals surface area (Å²) in [5.74, 6) is -2.13. The molecule has 0 rings (SSSR count). The minimum Gasteiger partial charge on any atom is -0.480 e. The van der Waals surface area contributed by atoms with Crippen molar-refractivity contribution >= 4 is 16.0 Å². The minimum atomic E-state index is -3.87. The molecule has 0 aliphatic carbocycles. The fraction of sp³-hybridized carbons (Fsp3) is 0.667. The number of carbonyl (C=O) groups is 1. The number of sulfonamides is 1. The number of ether oxygens (including phenoxy) is 1. The van der Waals surface area contributed by atoms with Crippen molar-refractivity contribution in [3.63, 3.8) is 0 Å². The molecular formula is C6H10N2O5S. The topological polar surface area (TPSA) is 116 Å². The molecule has 0 spiro atoms. The van der Waals surface area contributed by atoms with Gasteiger partial charge < -0.3 is 9.84 Å². The van der Waals surface area contributed by atoms with Gasteiger partial charge in [0.05, 0.1) is 12.7 Å². The van der Waals surface area contributed by atoms with Crippen molar-refractivity contribution in [2.75, 3.05) is 19.5 Å². The lowest BCUT2D eigenvalue weighted by atomic mass is 10.3. The van der Waals surface area contributed by atoms with Crippen LogP contribution in [0.2, 0.25) is 0 Å².